The summed E-state index contributed by atoms with van der Waals surface area (Å²) in [5.41, 5.74) is 0. The molecule has 0 saturated heterocycles. The zero-order valence-corrected chi connectivity index (χ0v) is 35.0. The van der Waals surface area contributed by atoms with Gasteiger partial charge in [0.05, 0.1) is 24.4 Å². The van der Waals surface area contributed by atoms with Crippen LogP contribution in [-0.4, -0.2) is 62.7 Å². The SMILES string of the molecule is CCCOC1CCC2CC(C3CCC(OC(F)(F)F)C(F)C3)CCC2C1C1C(OCCC2CCC(C)CC2)CCC2CC(C3CCC(OC(F)(F)F)C(F)C3)CCC21. The fraction of sp³-hybridized carbons (Fsp3) is 1.00. The summed E-state index contributed by atoms with van der Waals surface area (Å²) >= 11 is 0. The molecule has 0 heterocycles. The van der Waals surface area contributed by atoms with E-state index in [1.807, 2.05) is 0 Å². The normalized spacial score (nSPS) is 45.6. The first-order valence-electron chi connectivity index (χ1n) is 23.7. The second-order valence-electron chi connectivity index (χ2n) is 20.4. The molecule has 7 fully saturated rings. The molecule has 7 aliphatic rings. The maximum atomic E-state index is 15.2. The molecule has 4 nitrogen and oxygen atoms in total. The summed E-state index contributed by atoms with van der Waals surface area (Å²) in [6, 6.07) is 0. The molecule has 0 aliphatic heterocycles. The van der Waals surface area contributed by atoms with E-state index >= 15 is 8.78 Å². The molecule has 0 aromatic carbocycles. The number of hydrogen-bond acceptors (Lipinski definition) is 4. The molecular weight excluding hydrogens is 768 g/mol. The van der Waals surface area contributed by atoms with Gasteiger partial charge >= 0.3 is 12.7 Å². The van der Waals surface area contributed by atoms with Crippen molar-refractivity contribution in [3.63, 3.8) is 0 Å². The summed E-state index contributed by atoms with van der Waals surface area (Å²) in [7, 11) is 0. The van der Waals surface area contributed by atoms with E-state index < -0.39 is 37.3 Å². The minimum Gasteiger partial charge on any atom is -0.378 e. The summed E-state index contributed by atoms with van der Waals surface area (Å²) in [6.45, 7) is 5.99. The molecule has 0 aromatic heterocycles. The van der Waals surface area contributed by atoms with Crippen molar-refractivity contribution in [3.8, 4) is 0 Å². The second kappa shape index (κ2) is 19.8. The zero-order chi connectivity index (χ0) is 41.2. The van der Waals surface area contributed by atoms with Crippen LogP contribution in [0.3, 0.4) is 0 Å². The molecule has 0 N–H and O–H groups in total. The smallest absolute Gasteiger partial charge is 0.378 e. The minimum atomic E-state index is -4.83. The number of fused-ring (bicyclic) bond motifs is 2. The van der Waals surface area contributed by atoms with Gasteiger partial charge in [-0.2, -0.15) is 0 Å². The Balaban J connectivity index is 1.06. The van der Waals surface area contributed by atoms with Crippen LogP contribution in [0.5, 0.6) is 0 Å². The Morgan fingerprint density at radius 2 is 0.845 bits per heavy atom. The summed E-state index contributed by atoms with van der Waals surface area (Å²) in [5.74, 6) is 4.74. The molecule has 12 heteroatoms. The summed E-state index contributed by atoms with van der Waals surface area (Å²) in [4.78, 5) is 0. The van der Waals surface area contributed by atoms with Gasteiger partial charge in [0.2, 0.25) is 0 Å². The third-order valence-electron chi connectivity index (χ3n) is 17.0. The molecule has 58 heavy (non-hydrogen) atoms. The molecule has 0 bridgehead atoms. The van der Waals surface area contributed by atoms with Gasteiger partial charge in [0, 0.05) is 13.2 Å². The van der Waals surface area contributed by atoms with Gasteiger partial charge in [0.15, 0.2) is 0 Å². The summed E-state index contributed by atoms with van der Waals surface area (Å²) < 4.78 is 130. The van der Waals surface area contributed by atoms with Gasteiger partial charge in [-0.25, -0.2) is 8.78 Å². The molecule has 0 amide bonds. The van der Waals surface area contributed by atoms with Crippen molar-refractivity contribution in [1.29, 1.82) is 0 Å². The van der Waals surface area contributed by atoms with E-state index in [9.17, 15) is 26.3 Å². The number of ether oxygens (including phenoxy) is 4. The molecule has 0 spiro atoms. The van der Waals surface area contributed by atoms with Gasteiger partial charge in [-0.3, -0.25) is 9.47 Å². The lowest BCUT2D eigenvalue weighted by Crippen LogP contribution is -2.55. The average Bonchev–Trinajstić information content (AvgIpc) is 3.18. The molecule has 7 saturated carbocycles. The molecule has 0 aromatic rings. The van der Waals surface area contributed by atoms with E-state index in [4.69, 9.17) is 9.47 Å². The third kappa shape index (κ3) is 11.4. The molecule has 7 aliphatic carbocycles. The third-order valence-corrected chi connectivity index (χ3v) is 17.0. The fourth-order valence-electron chi connectivity index (χ4n) is 14.3. The molecule has 16 atom stereocenters. The lowest BCUT2D eigenvalue weighted by molar-refractivity contribution is -0.352. The maximum Gasteiger partial charge on any atom is 0.522 e. The Kier molecular flexibility index (Phi) is 15.4. The second-order valence-corrected chi connectivity index (χ2v) is 20.4. The summed E-state index contributed by atoms with van der Waals surface area (Å²) in [6.07, 6.45) is 3.37. The van der Waals surface area contributed by atoms with Gasteiger partial charge < -0.3 is 9.47 Å². The van der Waals surface area contributed by atoms with Gasteiger partial charge in [0.1, 0.15) is 12.3 Å². The van der Waals surface area contributed by atoms with Crippen LogP contribution in [-0.2, 0) is 18.9 Å². The van der Waals surface area contributed by atoms with Crippen molar-refractivity contribution in [2.45, 2.75) is 205 Å². The Labute approximate surface area is 342 Å². The first-order valence-corrected chi connectivity index (χ1v) is 23.7. The van der Waals surface area contributed by atoms with Crippen LogP contribution in [0, 0.1) is 71.0 Å². The van der Waals surface area contributed by atoms with Gasteiger partial charge in [0.25, 0.3) is 0 Å². The zero-order valence-electron chi connectivity index (χ0n) is 35.0. The largest absolute Gasteiger partial charge is 0.522 e. The van der Waals surface area contributed by atoms with Crippen molar-refractivity contribution in [3.05, 3.63) is 0 Å². The van der Waals surface area contributed by atoms with Crippen LogP contribution < -0.4 is 0 Å². The van der Waals surface area contributed by atoms with Crippen LogP contribution in [0.4, 0.5) is 35.1 Å². The summed E-state index contributed by atoms with van der Waals surface area (Å²) in [5, 5.41) is 0. The van der Waals surface area contributed by atoms with E-state index in [2.05, 4.69) is 23.3 Å². The van der Waals surface area contributed by atoms with Crippen molar-refractivity contribution in [1.82, 2.24) is 0 Å². The van der Waals surface area contributed by atoms with E-state index in [0.717, 1.165) is 89.6 Å². The Bertz CT molecular complexity index is 1260. The van der Waals surface area contributed by atoms with Crippen molar-refractivity contribution < 1.29 is 54.1 Å². The van der Waals surface area contributed by atoms with Gasteiger partial charge in [-0.1, -0.05) is 39.5 Å². The van der Waals surface area contributed by atoms with Crippen LogP contribution in [0.1, 0.15) is 155 Å². The van der Waals surface area contributed by atoms with Crippen LogP contribution in [0.15, 0.2) is 0 Å². The molecule has 336 valence electrons. The fourth-order valence-corrected chi connectivity index (χ4v) is 14.3. The highest BCUT2D eigenvalue weighted by molar-refractivity contribution is 5.04. The predicted octanol–water partition coefficient (Wildman–Crippen LogP) is 13.4. The van der Waals surface area contributed by atoms with Crippen LogP contribution in [0.2, 0.25) is 0 Å². The lowest BCUT2D eigenvalue weighted by Gasteiger charge is -2.57. The van der Waals surface area contributed by atoms with E-state index in [-0.39, 0.29) is 49.7 Å². The van der Waals surface area contributed by atoms with Crippen molar-refractivity contribution in [2.24, 2.45) is 71.0 Å². The van der Waals surface area contributed by atoms with Crippen molar-refractivity contribution in [2.75, 3.05) is 13.2 Å². The molecular formula is C46H72F8O4. The topological polar surface area (TPSA) is 36.9 Å². The molecule has 7 rings (SSSR count). The first-order chi connectivity index (χ1) is 27.7. The van der Waals surface area contributed by atoms with E-state index in [1.54, 1.807) is 0 Å². The first kappa shape index (κ1) is 45.3. The monoisotopic (exact) mass is 841 g/mol. The highest BCUT2D eigenvalue weighted by Gasteiger charge is 2.55. The number of rotatable bonds is 12. The van der Waals surface area contributed by atoms with Gasteiger partial charge in [-0.15, -0.1) is 26.3 Å². The number of hydrogen-bond donors (Lipinski definition) is 0. The molecule has 16 unspecified atom stereocenters. The van der Waals surface area contributed by atoms with Crippen LogP contribution in [0.25, 0.3) is 0 Å². The van der Waals surface area contributed by atoms with Crippen molar-refractivity contribution >= 4 is 0 Å². The predicted molar refractivity (Wildman–Crippen MR) is 206 cm³/mol. The quantitative estimate of drug-likeness (QED) is 0.184. The Hall–Kier alpha value is -0.720. The standard InChI is InChI=1S/C46H72F8O4/c1-3-21-55-41-18-12-33-23-29(31-10-16-39(37(47)25-31)57-45(49,50)51)8-14-35(33)43(41)44-36-15-9-30(32-11-17-40(38(48)26-32)58-46(52,53)54)24-34(36)13-19-42(44)56-22-20-28-6-4-27(2)5-7-28/h27-44H,3-26H2,1-2H3. The minimum absolute atomic E-state index is 0.0728. The highest BCUT2D eigenvalue weighted by atomic mass is 19.4. The Morgan fingerprint density at radius 1 is 0.448 bits per heavy atom. The lowest BCUT2D eigenvalue weighted by atomic mass is 9.50. The average molecular weight is 841 g/mol. The van der Waals surface area contributed by atoms with E-state index in [1.165, 1.54) is 25.7 Å². The molecule has 0 radical (unpaired) electrons. The number of alkyl halides is 8. The van der Waals surface area contributed by atoms with Gasteiger partial charge in [-0.05, 0) is 187 Å². The highest BCUT2D eigenvalue weighted by Crippen LogP contribution is 2.59. The Morgan fingerprint density at radius 3 is 1.28 bits per heavy atom. The maximum absolute atomic E-state index is 15.2. The number of halogens is 8. The van der Waals surface area contributed by atoms with Crippen LogP contribution >= 0.6 is 0 Å². The van der Waals surface area contributed by atoms with E-state index in [0.29, 0.717) is 72.7 Å².